The van der Waals surface area contributed by atoms with Crippen LogP contribution in [0.1, 0.15) is 46.7 Å². The lowest BCUT2D eigenvalue weighted by molar-refractivity contribution is 0.0471. The molecule has 0 bridgehead atoms. The summed E-state index contributed by atoms with van der Waals surface area (Å²) in [5, 5.41) is 0.541. The molecule has 8 nitrogen and oxygen atoms in total. The zero-order chi connectivity index (χ0) is 17.2. The third-order valence-electron chi connectivity index (χ3n) is 2.21. The standard InChI is InChI=1S/C7H8BrNO3.C7H9NO3/c1-2-11-7(10)6-9-4-5(3-8)12-6;1-3-10-7(9)6-8-4-5(2)11-6/h4H,2-3H2,1H3;4H,3H2,1-2H3. The molecule has 0 N–H and O–H groups in total. The summed E-state index contributed by atoms with van der Waals surface area (Å²) in [4.78, 5) is 29.3. The zero-order valence-corrected chi connectivity index (χ0v) is 14.6. The minimum atomic E-state index is -0.523. The summed E-state index contributed by atoms with van der Waals surface area (Å²) in [5.74, 6) is 0.201. The Kier molecular flexibility index (Phi) is 8.03. The van der Waals surface area contributed by atoms with Crippen molar-refractivity contribution in [1.82, 2.24) is 9.97 Å². The van der Waals surface area contributed by atoms with Gasteiger partial charge in [0.1, 0.15) is 11.5 Å². The Balaban J connectivity index is 0.000000231. The molecule has 2 heterocycles. The van der Waals surface area contributed by atoms with Crippen molar-refractivity contribution < 1.29 is 27.9 Å². The van der Waals surface area contributed by atoms with E-state index in [-0.39, 0.29) is 11.8 Å². The fraction of sp³-hybridized carbons (Fsp3) is 0.429. The largest absolute Gasteiger partial charge is 0.459 e. The maximum Gasteiger partial charge on any atom is 0.394 e. The van der Waals surface area contributed by atoms with Crippen LogP contribution < -0.4 is 0 Å². The Bertz CT molecular complexity index is 637. The Morgan fingerprint density at radius 1 is 1.04 bits per heavy atom. The molecule has 23 heavy (non-hydrogen) atoms. The van der Waals surface area contributed by atoms with Gasteiger partial charge in [0.2, 0.25) is 0 Å². The fourth-order valence-corrected chi connectivity index (χ4v) is 1.56. The number of rotatable bonds is 5. The van der Waals surface area contributed by atoms with Crippen LogP contribution in [-0.2, 0) is 14.8 Å². The van der Waals surface area contributed by atoms with E-state index in [1.54, 1.807) is 20.8 Å². The highest BCUT2D eigenvalue weighted by atomic mass is 79.9. The molecule has 0 aliphatic carbocycles. The van der Waals surface area contributed by atoms with Gasteiger partial charge in [0.25, 0.3) is 0 Å². The Hall–Kier alpha value is -2.16. The molecular formula is C14H17BrN2O6. The Labute approximate surface area is 141 Å². The van der Waals surface area contributed by atoms with E-state index >= 15 is 0 Å². The Morgan fingerprint density at radius 3 is 1.96 bits per heavy atom. The molecule has 0 saturated heterocycles. The lowest BCUT2D eigenvalue weighted by atomic mass is 10.6. The number of aryl methyl sites for hydroxylation is 1. The number of hydrogen-bond donors (Lipinski definition) is 0. The second kappa shape index (κ2) is 9.78. The molecular weight excluding hydrogens is 372 g/mol. The average molecular weight is 389 g/mol. The van der Waals surface area contributed by atoms with E-state index in [1.165, 1.54) is 12.4 Å². The van der Waals surface area contributed by atoms with Crippen LogP contribution in [0.25, 0.3) is 0 Å². The highest BCUT2D eigenvalue weighted by molar-refractivity contribution is 9.08. The monoisotopic (exact) mass is 388 g/mol. The summed E-state index contributed by atoms with van der Waals surface area (Å²) in [6.07, 6.45) is 2.97. The van der Waals surface area contributed by atoms with Crippen LogP contribution >= 0.6 is 15.9 Å². The summed E-state index contributed by atoms with van der Waals surface area (Å²) in [7, 11) is 0. The highest BCUT2D eigenvalue weighted by Crippen LogP contribution is 2.08. The van der Waals surface area contributed by atoms with Gasteiger partial charge in [-0.15, -0.1) is 0 Å². The van der Waals surface area contributed by atoms with Crippen LogP contribution in [0.4, 0.5) is 0 Å². The van der Waals surface area contributed by atoms with Crippen LogP contribution in [0, 0.1) is 6.92 Å². The van der Waals surface area contributed by atoms with Crippen LogP contribution in [0.15, 0.2) is 21.2 Å². The van der Waals surface area contributed by atoms with Crippen molar-refractivity contribution in [2.75, 3.05) is 13.2 Å². The molecule has 126 valence electrons. The summed E-state index contributed by atoms with van der Waals surface area (Å²) in [6.45, 7) is 5.83. The fourth-order valence-electron chi connectivity index (χ4n) is 1.30. The molecule has 0 aromatic carbocycles. The molecule has 2 aromatic heterocycles. The predicted octanol–water partition coefficient (Wildman–Crippen LogP) is 2.91. The maximum atomic E-state index is 11.0. The van der Waals surface area contributed by atoms with Gasteiger partial charge in [-0.3, -0.25) is 0 Å². The number of hydrogen-bond acceptors (Lipinski definition) is 8. The van der Waals surface area contributed by atoms with E-state index in [4.69, 9.17) is 8.83 Å². The number of nitrogens with zero attached hydrogens (tertiary/aromatic N) is 2. The van der Waals surface area contributed by atoms with Crippen molar-refractivity contribution in [3.8, 4) is 0 Å². The number of oxazole rings is 2. The molecule has 0 atom stereocenters. The summed E-state index contributed by atoms with van der Waals surface area (Å²) in [6, 6.07) is 0. The number of aromatic nitrogens is 2. The van der Waals surface area contributed by atoms with Crippen molar-refractivity contribution in [3.63, 3.8) is 0 Å². The normalized spacial score (nSPS) is 9.74. The number of alkyl halides is 1. The second-order valence-corrected chi connectivity index (χ2v) is 4.54. The number of ether oxygens (including phenoxy) is 2. The van der Waals surface area contributed by atoms with Crippen molar-refractivity contribution >= 4 is 27.9 Å². The molecule has 0 aliphatic heterocycles. The predicted molar refractivity (Wildman–Crippen MR) is 82.3 cm³/mol. The molecule has 0 amide bonds. The Morgan fingerprint density at radius 2 is 1.57 bits per heavy atom. The first kappa shape index (κ1) is 18.9. The van der Waals surface area contributed by atoms with Crippen LogP contribution in [0.5, 0.6) is 0 Å². The minimum absolute atomic E-state index is 0.00583. The third-order valence-corrected chi connectivity index (χ3v) is 2.76. The van der Waals surface area contributed by atoms with Gasteiger partial charge in [0, 0.05) is 0 Å². The number of carbonyl (C=O) groups excluding carboxylic acids is 2. The first-order valence-corrected chi connectivity index (χ1v) is 7.91. The van der Waals surface area contributed by atoms with Crippen LogP contribution in [0.2, 0.25) is 0 Å². The lowest BCUT2D eigenvalue weighted by Gasteiger charge is -1.94. The van der Waals surface area contributed by atoms with E-state index in [1.807, 2.05) is 0 Å². The van der Waals surface area contributed by atoms with Gasteiger partial charge in [-0.1, -0.05) is 15.9 Å². The van der Waals surface area contributed by atoms with E-state index < -0.39 is 11.9 Å². The maximum absolute atomic E-state index is 11.0. The molecule has 0 fully saturated rings. The molecule has 0 unspecified atom stereocenters. The first-order valence-electron chi connectivity index (χ1n) is 6.79. The number of halogens is 1. The summed E-state index contributed by atoms with van der Waals surface area (Å²) < 4.78 is 19.2. The van der Waals surface area contributed by atoms with Gasteiger partial charge in [0.15, 0.2) is 0 Å². The number of carbonyl (C=O) groups is 2. The first-order chi connectivity index (χ1) is 11.0. The second-order valence-electron chi connectivity index (χ2n) is 3.98. The van der Waals surface area contributed by atoms with Crippen molar-refractivity contribution in [2.24, 2.45) is 0 Å². The van der Waals surface area contributed by atoms with Gasteiger partial charge in [-0.25, -0.2) is 19.6 Å². The lowest BCUT2D eigenvalue weighted by Crippen LogP contribution is -2.04. The average Bonchev–Trinajstić information content (AvgIpc) is 3.17. The quantitative estimate of drug-likeness (QED) is 0.568. The van der Waals surface area contributed by atoms with Crippen molar-refractivity contribution in [1.29, 1.82) is 0 Å². The van der Waals surface area contributed by atoms with E-state index in [0.29, 0.717) is 30.1 Å². The SMILES string of the molecule is CCOC(=O)c1ncc(C)o1.CCOC(=O)c1ncc(CBr)o1. The van der Waals surface area contributed by atoms with Crippen LogP contribution in [0.3, 0.4) is 0 Å². The minimum Gasteiger partial charge on any atom is -0.459 e. The van der Waals surface area contributed by atoms with E-state index in [2.05, 4.69) is 35.4 Å². The van der Waals surface area contributed by atoms with Gasteiger partial charge in [-0.05, 0) is 20.8 Å². The zero-order valence-electron chi connectivity index (χ0n) is 13.0. The molecule has 0 aliphatic rings. The van der Waals surface area contributed by atoms with Gasteiger partial charge >= 0.3 is 23.7 Å². The van der Waals surface area contributed by atoms with Crippen molar-refractivity contribution in [2.45, 2.75) is 26.1 Å². The molecule has 9 heteroatoms. The third kappa shape index (κ3) is 6.23. The summed E-state index contributed by atoms with van der Waals surface area (Å²) >= 11 is 3.17. The van der Waals surface area contributed by atoms with E-state index in [9.17, 15) is 9.59 Å². The van der Waals surface area contributed by atoms with Crippen LogP contribution in [-0.4, -0.2) is 35.1 Å². The molecule has 0 spiro atoms. The summed E-state index contributed by atoms with van der Waals surface area (Å²) in [5.41, 5.74) is 0. The number of esters is 2. The van der Waals surface area contributed by atoms with Gasteiger partial charge in [0.05, 0.1) is 30.9 Å². The van der Waals surface area contributed by atoms with Gasteiger partial charge < -0.3 is 18.3 Å². The smallest absolute Gasteiger partial charge is 0.394 e. The van der Waals surface area contributed by atoms with Gasteiger partial charge in [-0.2, -0.15) is 0 Å². The molecule has 0 saturated carbocycles. The van der Waals surface area contributed by atoms with Crippen molar-refractivity contribution in [3.05, 3.63) is 35.7 Å². The topological polar surface area (TPSA) is 105 Å². The van der Waals surface area contributed by atoms with E-state index in [0.717, 1.165) is 0 Å². The molecule has 2 aromatic rings. The highest BCUT2D eigenvalue weighted by Gasteiger charge is 2.13. The molecule has 2 rings (SSSR count). The molecule has 0 radical (unpaired) electrons.